The summed E-state index contributed by atoms with van der Waals surface area (Å²) in [6.07, 6.45) is 40.3. The zero-order valence-electron chi connectivity index (χ0n) is 35.9. The topological polar surface area (TPSA) is 57.6 Å². The third-order valence-corrected chi connectivity index (χ3v) is 14.6. The van der Waals surface area contributed by atoms with Gasteiger partial charge in [0.05, 0.1) is 11.0 Å². The maximum absolute atomic E-state index is 14.3. The van der Waals surface area contributed by atoms with Crippen LogP contribution in [-0.2, 0) is 11.3 Å². The molecule has 4 unspecified atom stereocenters. The average molecular weight is 758 g/mol. The van der Waals surface area contributed by atoms with E-state index < -0.39 is 5.97 Å². The molecule has 5 aliphatic carbocycles. The fraction of sp³-hybridized carbons (Fsp3) is 0.538. The molecule has 4 heteroatoms. The molecule has 0 aromatic heterocycles. The molecule has 56 heavy (non-hydrogen) atoms. The number of carbonyl (C=O) groups excluding carboxylic acids is 1. The Bertz CT molecular complexity index is 1660. The number of hydrogen-bond acceptors (Lipinski definition) is 2. The van der Waals surface area contributed by atoms with E-state index in [1.54, 1.807) is 18.2 Å². The van der Waals surface area contributed by atoms with Crippen molar-refractivity contribution < 1.29 is 14.7 Å². The number of carbonyl (C=O) groups is 2. The number of carboxylic acids is 1. The van der Waals surface area contributed by atoms with Crippen molar-refractivity contribution in [1.29, 1.82) is 0 Å². The third kappa shape index (κ3) is 8.74. The van der Waals surface area contributed by atoms with Crippen molar-refractivity contribution in [2.24, 2.45) is 51.2 Å². The first-order valence-electron chi connectivity index (χ1n) is 20.7. The van der Waals surface area contributed by atoms with Crippen LogP contribution in [0.1, 0.15) is 134 Å². The predicted octanol–water partition coefficient (Wildman–Crippen LogP) is 12.5. The number of terminal acetylenes is 3. The van der Waals surface area contributed by atoms with Crippen LogP contribution in [0.3, 0.4) is 0 Å². The highest BCUT2D eigenvalue weighted by molar-refractivity contribution is 5.88. The first kappa shape index (κ1) is 47.7. The molecule has 0 bridgehead atoms. The van der Waals surface area contributed by atoms with Crippen LogP contribution >= 0.6 is 0 Å². The molecule has 5 aliphatic rings. The number of amides is 1. The van der Waals surface area contributed by atoms with Gasteiger partial charge in [0.1, 0.15) is 0 Å². The molecule has 8 atom stereocenters. The van der Waals surface area contributed by atoms with Crippen molar-refractivity contribution in [3.05, 3.63) is 90.0 Å². The molecule has 0 heterocycles. The quantitative estimate of drug-likeness (QED) is 0.244. The van der Waals surface area contributed by atoms with Crippen LogP contribution in [0.15, 0.2) is 73.3 Å². The molecule has 4 fully saturated rings. The van der Waals surface area contributed by atoms with Gasteiger partial charge in [0.2, 0.25) is 5.91 Å². The Labute approximate surface area is 342 Å². The number of carboxylic acid groups (broad SMARTS) is 1. The third-order valence-electron chi connectivity index (χ3n) is 14.6. The Morgan fingerprint density at radius 3 is 1.95 bits per heavy atom. The van der Waals surface area contributed by atoms with Gasteiger partial charge in [-0.2, -0.15) is 0 Å². The lowest BCUT2D eigenvalue weighted by atomic mass is 9.36. The molecule has 2 aromatic carbocycles. The van der Waals surface area contributed by atoms with Crippen LogP contribution in [0.2, 0.25) is 0 Å². The van der Waals surface area contributed by atoms with Crippen molar-refractivity contribution in [3.8, 4) is 38.5 Å². The van der Waals surface area contributed by atoms with Crippen LogP contribution in [-0.4, -0.2) is 28.9 Å². The molecule has 0 saturated heterocycles. The summed E-state index contributed by atoms with van der Waals surface area (Å²) in [5.41, 5.74) is 4.59. The Morgan fingerprint density at radius 2 is 1.38 bits per heavy atom. The van der Waals surface area contributed by atoms with Gasteiger partial charge in [-0.05, 0) is 139 Å². The lowest BCUT2D eigenvalue weighted by Crippen LogP contribution is -2.62. The van der Waals surface area contributed by atoms with E-state index in [0.717, 1.165) is 25.2 Å². The second-order valence-electron chi connectivity index (χ2n) is 17.2. The van der Waals surface area contributed by atoms with Crippen LogP contribution < -0.4 is 0 Å². The smallest absolute Gasteiger partial charge is 0.335 e. The van der Waals surface area contributed by atoms with Gasteiger partial charge in [-0.25, -0.2) is 4.79 Å². The van der Waals surface area contributed by atoms with Gasteiger partial charge in [-0.15, -0.1) is 45.1 Å². The van der Waals surface area contributed by atoms with E-state index in [2.05, 4.69) is 108 Å². The zero-order chi connectivity index (χ0) is 42.5. The molecule has 7 rings (SSSR count). The molecular weight excluding hydrogens is 687 g/mol. The fourth-order valence-corrected chi connectivity index (χ4v) is 12.8. The molecule has 302 valence electrons. The molecule has 2 aromatic rings. The first-order chi connectivity index (χ1) is 26.8. The van der Waals surface area contributed by atoms with Crippen molar-refractivity contribution >= 4 is 17.4 Å². The van der Waals surface area contributed by atoms with E-state index in [-0.39, 0.29) is 16.2 Å². The molecule has 0 spiro atoms. The molecule has 0 aliphatic heterocycles. The minimum Gasteiger partial charge on any atom is -0.478 e. The number of hydrogen-bond donors (Lipinski definition) is 1. The van der Waals surface area contributed by atoms with Crippen LogP contribution in [0.5, 0.6) is 0 Å². The number of fused-ring (bicyclic) bond motifs is 7. The minimum atomic E-state index is -0.866. The summed E-state index contributed by atoms with van der Waals surface area (Å²) in [5, 5.41) is 9.43. The predicted molar refractivity (Wildman–Crippen MR) is 237 cm³/mol. The molecule has 4 nitrogen and oxygen atoms in total. The Kier molecular flexibility index (Phi) is 17.6. The molecule has 1 amide bonds. The number of benzene rings is 2. The summed E-state index contributed by atoms with van der Waals surface area (Å²) in [6, 6.07) is 18.0. The van der Waals surface area contributed by atoms with E-state index in [1.807, 2.05) is 46.0 Å². The largest absolute Gasteiger partial charge is 0.478 e. The van der Waals surface area contributed by atoms with E-state index in [9.17, 15) is 14.7 Å². The monoisotopic (exact) mass is 758 g/mol. The highest BCUT2D eigenvalue weighted by Gasteiger charge is 2.66. The molecular formula is C52H71NO3. The summed E-state index contributed by atoms with van der Waals surface area (Å²) < 4.78 is 0. The first-order valence-corrected chi connectivity index (χ1v) is 20.7. The number of aromatic carboxylic acids is 1. The minimum absolute atomic E-state index is 0.0266. The Hall–Kier alpha value is -4.46. The van der Waals surface area contributed by atoms with Crippen LogP contribution in [0.25, 0.3) is 5.57 Å². The standard InChI is InChI=1S/C41H53NO3.C3H6.C2H6.3C2H2/c1-38(2)31(28-13-15-29(16-14-28)36(43)44)19-23-40(4)34(38)21-24-39(3)32-20-25-41(22-9-12-33(41)30(32)17-18-35(39)40)37(45)42(5)26-27-10-7-6-8-11-27;1-3-2;4*1-2/h6-8,10-11,13-16,19,30,32-35H,9,12,17-18,20-26H2,1-5H3,(H,43,44);3H,1H2,2H3;1-2H3;3*1-2H/t30-,32?,33?,34?,35?,39-,40-,41-;;;;;/m0...../s1. The zero-order valence-corrected chi connectivity index (χ0v) is 35.9. The molecule has 0 radical (unpaired) electrons. The number of rotatable bonds is 5. The van der Waals surface area contributed by atoms with Gasteiger partial charge in [0.15, 0.2) is 0 Å². The van der Waals surface area contributed by atoms with Crippen molar-refractivity contribution in [2.45, 2.75) is 119 Å². The summed E-state index contributed by atoms with van der Waals surface area (Å²) in [7, 11) is 2.04. The van der Waals surface area contributed by atoms with Crippen molar-refractivity contribution in [1.82, 2.24) is 4.90 Å². The number of allylic oxidation sites excluding steroid dienone is 3. The molecule has 1 N–H and O–H groups in total. The normalized spacial score (nSPS) is 31.1. The van der Waals surface area contributed by atoms with Crippen LogP contribution in [0, 0.1) is 89.8 Å². The lowest BCUT2D eigenvalue weighted by Gasteiger charge is -2.68. The van der Waals surface area contributed by atoms with Gasteiger partial charge in [-0.1, -0.05) is 103 Å². The highest BCUT2D eigenvalue weighted by atomic mass is 16.4. The summed E-state index contributed by atoms with van der Waals surface area (Å²) in [4.78, 5) is 27.9. The lowest BCUT2D eigenvalue weighted by molar-refractivity contribution is -0.184. The SMILES string of the molecule is C#C.C#C.C#C.C=CC.CC.CN(Cc1ccccc1)C(=O)[C@]12CCCC1[C@H]1CCC3[C@@](C)(CCC4C(C)(C)C(c5ccc(C(=O)O)cc5)=CC[C@@]43C)C1CC2. The second-order valence-corrected chi connectivity index (χ2v) is 17.2. The highest BCUT2D eigenvalue weighted by Crippen LogP contribution is 2.73. The van der Waals surface area contributed by atoms with E-state index >= 15 is 0 Å². The summed E-state index contributed by atoms with van der Waals surface area (Å²) in [6.45, 7) is 20.1. The molecule has 4 saturated carbocycles. The van der Waals surface area contributed by atoms with E-state index in [1.165, 1.54) is 61.6 Å². The summed E-state index contributed by atoms with van der Waals surface area (Å²) >= 11 is 0. The Balaban J connectivity index is 0.000000902. The second kappa shape index (κ2) is 20.6. The van der Waals surface area contributed by atoms with Crippen molar-refractivity contribution in [2.75, 3.05) is 7.05 Å². The van der Waals surface area contributed by atoms with Gasteiger partial charge in [0, 0.05) is 13.6 Å². The van der Waals surface area contributed by atoms with Gasteiger partial charge in [0.25, 0.3) is 0 Å². The van der Waals surface area contributed by atoms with Gasteiger partial charge >= 0.3 is 5.97 Å². The van der Waals surface area contributed by atoms with Gasteiger partial charge in [-0.3, -0.25) is 4.79 Å². The number of nitrogens with zero attached hydrogens (tertiary/aromatic N) is 1. The van der Waals surface area contributed by atoms with Gasteiger partial charge < -0.3 is 10.0 Å². The van der Waals surface area contributed by atoms with E-state index in [0.29, 0.717) is 47.1 Å². The summed E-state index contributed by atoms with van der Waals surface area (Å²) in [5.74, 6) is 2.77. The maximum atomic E-state index is 14.3. The van der Waals surface area contributed by atoms with Crippen LogP contribution in [0.4, 0.5) is 0 Å². The average Bonchev–Trinajstić information content (AvgIpc) is 3.67. The van der Waals surface area contributed by atoms with E-state index in [4.69, 9.17) is 0 Å². The Morgan fingerprint density at radius 1 is 0.786 bits per heavy atom. The fourth-order valence-electron chi connectivity index (χ4n) is 12.8. The maximum Gasteiger partial charge on any atom is 0.335 e. The van der Waals surface area contributed by atoms with Crippen molar-refractivity contribution in [3.63, 3.8) is 0 Å².